The molecule has 0 saturated heterocycles. The summed E-state index contributed by atoms with van der Waals surface area (Å²) in [7, 11) is 0. The molecule has 0 aromatic heterocycles. The quantitative estimate of drug-likeness (QED) is 0.0543. The van der Waals surface area contributed by atoms with Crippen LogP contribution in [-0.4, -0.2) is 46.1 Å². The van der Waals surface area contributed by atoms with Gasteiger partial charge in [-0.1, -0.05) is 127 Å². The van der Waals surface area contributed by atoms with E-state index in [1.807, 2.05) is 6.08 Å². The lowest BCUT2D eigenvalue weighted by Gasteiger charge is -2.20. The number of hydrogen-bond donors (Lipinski definition) is 4. The highest BCUT2D eigenvalue weighted by molar-refractivity contribution is 5.76. The number of nitrogens with one attached hydrogen (secondary N) is 1. The summed E-state index contributed by atoms with van der Waals surface area (Å²) in [5.41, 5.74) is 0. The molecule has 4 N–H and O–H groups in total. The number of allylic oxidation sites excluding steroid dienone is 5. The highest BCUT2D eigenvalue weighted by atomic mass is 16.3. The molecule has 0 saturated carbocycles. The molecule has 0 heterocycles. The van der Waals surface area contributed by atoms with Crippen LogP contribution < -0.4 is 5.32 Å². The van der Waals surface area contributed by atoms with Crippen LogP contribution in [0.3, 0.4) is 0 Å². The van der Waals surface area contributed by atoms with Crippen LogP contribution in [-0.2, 0) is 4.79 Å². The molecular formula is C35H65NO4. The van der Waals surface area contributed by atoms with E-state index in [4.69, 9.17) is 0 Å². The van der Waals surface area contributed by atoms with Gasteiger partial charge in [0.25, 0.3) is 0 Å². The topological polar surface area (TPSA) is 89.8 Å². The summed E-state index contributed by atoms with van der Waals surface area (Å²) in [6.45, 7) is 4.13. The van der Waals surface area contributed by atoms with Crippen molar-refractivity contribution < 1.29 is 20.1 Å². The summed E-state index contributed by atoms with van der Waals surface area (Å²) in [6, 6.07) is -0.759. The molecule has 0 aromatic carbocycles. The standard InChI is InChI=1S/C35H65NO4/c1-3-5-7-9-11-13-15-16-17-18-19-20-22-24-26-28-32(38)30-35(40)36-33(31-37)34(39)29-27-25-23-21-14-12-10-8-6-4-2/h14,16-17,21,27,29,32-34,37-39H,3-13,15,18-20,22-26,28,30-31H2,1-2H3,(H,36,40)/b17-16-,21-14+,29-27+. The highest BCUT2D eigenvalue weighted by Crippen LogP contribution is 2.12. The van der Waals surface area contributed by atoms with Crippen LogP contribution in [0.5, 0.6) is 0 Å². The largest absolute Gasteiger partial charge is 0.394 e. The zero-order valence-electron chi connectivity index (χ0n) is 26.2. The van der Waals surface area contributed by atoms with Crippen LogP contribution in [0.1, 0.15) is 155 Å². The third-order valence-electron chi connectivity index (χ3n) is 7.40. The fraction of sp³-hybridized carbons (Fsp3) is 0.800. The number of carbonyl (C=O) groups excluding carboxylic acids is 1. The van der Waals surface area contributed by atoms with E-state index in [-0.39, 0.29) is 18.9 Å². The SMILES string of the molecule is CCCCCC/C=C/CC/C=C/C(O)C(CO)NC(=O)CC(O)CCCCCCC/C=C\CCCCCCCC. The van der Waals surface area contributed by atoms with Crippen molar-refractivity contribution in [3.8, 4) is 0 Å². The number of carbonyl (C=O) groups is 1. The van der Waals surface area contributed by atoms with Crippen molar-refractivity contribution in [2.45, 2.75) is 173 Å². The Morgan fingerprint density at radius 3 is 1.62 bits per heavy atom. The normalized spacial score (nSPS) is 14.4. The number of amides is 1. The summed E-state index contributed by atoms with van der Waals surface area (Å²) in [5.74, 6) is -0.335. The second-order valence-electron chi connectivity index (χ2n) is 11.4. The molecule has 3 unspecified atom stereocenters. The van der Waals surface area contributed by atoms with Gasteiger partial charge in [0.2, 0.25) is 5.91 Å². The average Bonchev–Trinajstić information content (AvgIpc) is 2.94. The van der Waals surface area contributed by atoms with E-state index in [9.17, 15) is 20.1 Å². The molecule has 0 aliphatic carbocycles. The number of aliphatic hydroxyl groups excluding tert-OH is 3. The smallest absolute Gasteiger partial charge is 0.222 e. The van der Waals surface area contributed by atoms with Crippen molar-refractivity contribution in [1.29, 1.82) is 0 Å². The second kappa shape index (κ2) is 30.5. The van der Waals surface area contributed by atoms with E-state index in [2.05, 4.69) is 43.5 Å². The van der Waals surface area contributed by atoms with Crippen LogP contribution in [0.4, 0.5) is 0 Å². The summed E-state index contributed by atoms with van der Waals surface area (Å²) in [5, 5.41) is 32.8. The minimum absolute atomic E-state index is 0.000611. The second-order valence-corrected chi connectivity index (χ2v) is 11.4. The minimum atomic E-state index is -0.950. The molecule has 1 amide bonds. The zero-order valence-corrected chi connectivity index (χ0v) is 26.2. The number of aliphatic hydroxyl groups is 3. The van der Waals surface area contributed by atoms with Gasteiger partial charge in [0.15, 0.2) is 0 Å². The molecular weight excluding hydrogens is 498 g/mol. The van der Waals surface area contributed by atoms with Gasteiger partial charge in [0.1, 0.15) is 0 Å². The van der Waals surface area contributed by atoms with E-state index in [1.54, 1.807) is 6.08 Å². The average molecular weight is 564 g/mol. The molecule has 0 aliphatic heterocycles. The highest BCUT2D eigenvalue weighted by Gasteiger charge is 2.20. The van der Waals surface area contributed by atoms with Crippen LogP contribution in [0.25, 0.3) is 0 Å². The lowest BCUT2D eigenvalue weighted by Crippen LogP contribution is -2.45. The fourth-order valence-electron chi connectivity index (χ4n) is 4.76. The lowest BCUT2D eigenvalue weighted by molar-refractivity contribution is -0.124. The van der Waals surface area contributed by atoms with Gasteiger partial charge in [-0.2, -0.15) is 0 Å². The predicted octanol–water partition coefficient (Wildman–Crippen LogP) is 8.48. The Morgan fingerprint density at radius 1 is 0.625 bits per heavy atom. The first-order valence-corrected chi connectivity index (χ1v) is 16.8. The Bertz CT molecular complexity index is 631. The Balaban J connectivity index is 3.81. The molecule has 0 aliphatic rings. The molecule has 0 fully saturated rings. The van der Waals surface area contributed by atoms with E-state index in [0.717, 1.165) is 44.9 Å². The third kappa shape index (κ3) is 26.8. The minimum Gasteiger partial charge on any atom is -0.394 e. The van der Waals surface area contributed by atoms with Gasteiger partial charge in [-0.3, -0.25) is 4.79 Å². The lowest BCUT2D eigenvalue weighted by atomic mass is 10.0. The summed E-state index contributed by atoms with van der Waals surface area (Å²) < 4.78 is 0. The molecule has 0 rings (SSSR count). The van der Waals surface area contributed by atoms with E-state index >= 15 is 0 Å². The van der Waals surface area contributed by atoms with Gasteiger partial charge < -0.3 is 20.6 Å². The first-order valence-electron chi connectivity index (χ1n) is 16.8. The maximum absolute atomic E-state index is 12.3. The predicted molar refractivity (Wildman–Crippen MR) is 171 cm³/mol. The maximum Gasteiger partial charge on any atom is 0.222 e. The van der Waals surface area contributed by atoms with Crippen molar-refractivity contribution in [3.63, 3.8) is 0 Å². The van der Waals surface area contributed by atoms with E-state index in [1.165, 1.54) is 83.5 Å². The van der Waals surface area contributed by atoms with Crippen LogP contribution in [0, 0.1) is 0 Å². The molecule has 5 heteroatoms. The first kappa shape index (κ1) is 38.6. The third-order valence-corrected chi connectivity index (χ3v) is 7.40. The van der Waals surface area contributed by atoms with Crippen molar-refractivity contribution >= 4 is 5.91 Å². The van der Waals surface area contributed by atoms with Gasteiger partial charge in [0.05, 0.1) is 31.3 Å². The summed E-state index contributed by atoms with van der Waals surface area (Å²) in [6.07, 6.45) is 35.5. The maximum atomic E-state index is 12.3. The number of hydrogen-bond acceptors (Lipinski definition) is 4. The van der Waals surface area contributed by atoms with E-state index < -0.39 is 18.2 Å². The molecule has 0 radical (unpaired) electrons. The molecule has 0 aromatic rings. The molecule has 0 spiro atoms. The molecule has 5 nitrogen and oxygen atoms in total. The number of rotatable bonds is 29. The molecule has 0 bridgehead atoms. The Morgan fingerprint density at radius 2 is 1.07 bits per heavy atom. The summed E-state index contributed by atoms with van der Waals surface area (Å²) in [4.78, 5) is 12.3. The van der Waals surface area contributed by atoms with Gasteiger partial charge in [-0.25, -0.2) is 0 Å². The van der Waals surface area contributed by atoms with Crippen molar-refractivity contribution in [2.24, 2.45) is 0 Å². The summed E-state index contributed by atoms with van der Waals surface area (Å²) >= 11 is 0. The zero-order chi connectivity index (χ0) is 29.5. The van der Waals surface area contributed by atoms with Crippen LogP contribution in [0.2, 0.25) is 0 Å². The Hall–Kier alpha value is -1.43. The monoisotopic (exact) mass is 563 g/mol. The number of unbranched alkanes of at least 4 members (excludes halogenated alkanes) is 16. The van der Waals surface area contributed by atoms with Gasteiger partial charge in [0, 0.05) is 0 Å². The van der Waals surface area contributed by atoms with Gasteiger partial charge in [-0.05, 0) is 57.8 Å². The van der Waals surface area contributed by atoms with Crippen LogP contribution in [0.15, 0.2) is 36.5 Å². The van der Waals surface area contributed by atoms with Crippen molar-refractivity contribution in [2.75, 3.05) is 6.61 Å². The molecule has 3 atom stereocenters. The first-order chi connectivity index (χ1) is 19.5. The Kier molecular flexibility index (Phi) is 29.4. The molecule has 234 valence electrons. The molecule has 40 heavy (non-hydrogen) atoms. The van der Waals surface area contributed by atoms with Gasteiger partial charge >= 0.3 is 0 Å². The van der Waals surface area contributed by atoms with E-state index in [0.29, 0.717) is 6.42 Å². The van der Waals surface area contributed by atoms with Crippen LogP contribution >= 0.6 is 0 Å². The van der Waals surface area contributed by atoms with Crippen molar-refractivity contribution in [1.82, 2.24) is 5.32 Å². The fourth-order valence-corrected chi connectivity index (χ4v) is 4.76. The van der Waals surface area contributed by atoms with Gasteiger partial charge in [-0.15, -0.1) is 0 Å². The Labute approximate surface area is 247 Å². The van der Waals surface area contributed by atoms with Crippen molar-refractivity contribution in [3.05, 3.63) is 36.5 Å².